The third-order valence-electron chi connectivity index (χ3n) is 2.59. The summed E-state index contributed by atoms with van der Waals surface area (Å²) in [5, 5.41) is 8.91. The molecule has 108 valence electrons. The van der Waals surface area contributed by atoms with Gasteiger partial charge in [-0.2, -0.15) is 0 Å². The normalized spacial score (nSPS) is 9.90. The van der Waals surface area contributed by atoms with Gasteiger partial charge in [0.05, 0.1) is 0 Å². The number of urea groups is 1. The van der Waals surface area contributed by atoms with Gasteiger partial charge in [-0.25, -0.2) is 4.79 Å². The maximum Gasteiger partial charge on any atom is 0.325 e. The van der Waals surface area contributed by atoms with Gasteiger partial charge in [-0.05, 0) is 19.1 Å². The first kappa shape index (κ1) is 15.5. The molecule has 0 saturated carbocycles. The molecule has 20 heavy (non-hydrogen) atoms. The highest BCUT2D eigenvalue weighted by Crippen LogP contribution is 2.16. The van der Waals surface area contributed by atoms with E-state index in [1.807, 2.05) is 6.92 Å². The van der Waals surface area contributed by atoms with Crippen molar-refractivity contribution in [1.82, 2.24) is 4.90 Å². The zero-order chi connectivity index (χ0) is 15.3. The van der Waals surface area contributed by atoms with Crippen molar-refractivity contribution in [2.45, 2.75) is 6.92 Å². The third kappa shape index (κ3) is 4.27. The molecule has 0 aliphatic rings. The Morgan fingerprint density at radius 1 is 1.15 bits per heavy atom. The molecule has 1 aromatic rings. The zero-order valence-corrected chi connectivity index (χ0v) is 11.4. The highest BCUT2D eigenvalue weighted by molar-refractivity contribution is 5.97. The number of hydrogen-bond acceptors (Lipinski definition) is 3. The number of aryl methyl sites for hydroxylation is 1. The fourth-order valence-corrected chi connectivity index (χ4v) is 1.64. The number of carbonyl (C=O) groups excluding carboxylic acids is 2. The Labute approximate surface area is 116 Å². The third-order valence-corrected chi connectivity index (χ3v) is 2.59. The van der Waals surface area contributed by atoms with Crippen LogP contribution in [0.1, 0.15) is 5.56 Å². The van der Waals surface area contributed by atoms with Crippen LogP contribution in [0.2, 0.25) is 0 Å². The van der Waals surface area contributed by atoms with Gasteiger partial charge in [-0.3, -0.25) is 14.5 Å². The van der Waals surface area contributed by atoms with Gasteiger partial charge in [0, 0.05) is 12.7 Å². The second-order valence-corrected chi connectivity index (χ2v) is 4.42. The summed E-state index contributed by atoms with van der Waals surface area (Å²) in [6.07, 6.45) is 0. The molecule has 0 aliphatic carbocycles. The minimum Gasteiger partial charge on any atom is -0.480 e. The first-order chi connectivity index (χ1) is 9.31. The van der Waals surface area contributed by atoms with Gasteiger partial charge in [-0.1, -0.05) is 17.7 Å². The lowest BCUT2D eigenvalue weighted by atomic mass is 10.2. The average molecular weight is 279 g/mol. The van der Waals surface area contributed by atoms with Crippen LogP contribution in [0.15, 0.2) is 24.3 Å². The summed E-state index contributed by atoms with van der Waals surface area (Å²) in [4.78, 5) is 36.1. The second-order valence-electron chi connectivity index (χ2n) is 4.42. The molecule has 7 nitrogen and oxygen atoms in total. The highest BCUT2D eigenvalue weighted by atomic mass is 16.4. The number of benzene rings is 1. The summed E-state index contributed by atoms with van der Waals surface area (Å²) in [6, 6.07) is 6.23. The van der Waals surface area contributed by atoms with E-state index in [9.17, 15) is 14.4 Å². The summed E-state index contributed by atoms with van der Waals surface area (Å²) < 4.78 is 0. The number of hydrogen-bond donors (Lipinski definition) is 2. The molecular formula is C13H17N3O4. The van der Waals surface area contributed by atoms with E-state index in [1.54, 1.807) is 24.3 Å². The van der Waals surface area contributed by atoms with Crippen molar-refractivity contribution in [3.05, 3.63) is 29.8 Å². The summed E-state index contributed by atoms with van der Waals surface area (Å²) >= 11 is 0. The summed E-state index contributed by atoms with van der Waals surface area (Å²) in [5.41, 5.74) is 6.46. The number of carbonyl (C=O) groups is 3. The van der Waals surface area contributed by atoms with Gasteiger partial charge in [-0.15, -0.1) is 0 Å². The lowest BCUT2D eigenvalue weighted by Crippen LogP contribution is -2.46. The number of aliphatic carboxylic acids is 1. The SMILES string of the molecule is Cc1ccc(N(CC(=O)O)C(=O)N(C)CC(N)=O)cc1. The van der Waals surface area contributed by atoms with Crippen LogP contribution < -0.4 is 10.6 Å². The van der Waals surface area contributed by atoms with E-state index in [1.165, 1.54) is 7.05 Å². The zero-order valence-electron chi connectivity index (χ0n) is 11.4. The van der Waals surface area contributed by atoms with Crippen molar-refractivity contribution in [3.8, 4) is 0 Å². The van der Waals surface area contributed by atoms with Crippen LogP contribution in [-0.4, -0.2) is 48.1 Å². The minimum absolute atomic E-state index is 0.277. The van der Waals surface area contributed by atoms with Gasteiger partial charge in [0.25, 0.3) is 0 Å². The van der Waals surface area contributed by atoms with Crippen LogP contribution in [0.4, 0.5) is 10.5 Å². The average Bonchev–Trinajstić information content (AvgIpc) is 2.35. The molecule has 0 fully saturated rings. The van der Waals surface area contributed by atoms with Crippen molar-refractivity contribution in [2.24, 2.45) is 5.73 Å². The fraction of sp³-hybridized carbons (Fsp3) is 0.308. The van der Waals surface area contributed by atoms with Crippen LogP contribution in [0.25, 0.3) is 0 Å². The standard InChI is InChI=1S/C13H17N3O4/c1-9-3-5-10(6-4-9)16(8-12(18)19)13(20)15(2)7-11(14)17/h3-6H,7-8H2,1-2H3,(H2,14,17)(H,18,19). The Bertz CT molecular complexity index is 513. The van der Waals surface area contributed by atoms with Crippen molar-refractivity contribution < 1.29 is 19.5 Å². The smallest absolute Gasteiger partial charge is 0.325 e. The number of carboxylic acids is 1. The molecule has 0 unspecified atom stereocenters. The molecule has 0 aliphatic heterocycles. The first-order valence-corrected chi connectivity index (χ1v) is 5.90. The van der Waals surface area contributed by atoms with E-state index in [0.717, 1.165) is 15.4 Å². The quantitative estimate of drug-likeness (QED) is 0.815. The van der Waals surface area contributed by atoms with E-state index in [0.29, 0.717) is 5.69 Å². The van der Waals surface area contributed by atoms with Crippen molar-refractivity contribution in [1.29, 1.82) is 0 Å². The van der Waals surface area contributed by atoms with E-state index in [2.05, 4.69) is 0 Å². The minimum atomic E-state index is -1.15. The number of carboxylic acid groups (broad SMARTS) is 1. The van der Waals surface area contributed by atoms with Gasteiger partial charge in [0.15, 0.2) is 0 Å². The largest absolute Gasteiger partial charge is 0.480 e. The van der Waals surface area contributed by atoms with E-state index < -0.39 is 24.5 Å². The van der Waals surface area contributed by atoms with Crippen molar-refractivity contribution in [3.63, 3.8) is 0 Å². The number of amides is 3. The number of nitrogens with two attached hydrogens (primary N) is 1. The molecule has 1 aromatic carbocycles. The number of anilines is 1. The van der Waals surface area contributed by atoms with Crippen LogP contribution in [0, 0.1) is 6.92 Å². The molecule has 0 spiro atoms. The monoisotopic (exact) mass is 279 g/mol. The van der Waals surface area contributed by atoms with E-state index >= 15 is 0 Å². The highest BCUT2D eigenvalue weighted by Gasteiger charge is 2.22. The molecule has 0 atom stereocenters. The fourth-order valence-electron chi connectivity index (χ4n) is 1.64. The maximum atomic E-state index is 12.2. The molecule has 3 N–H and O–H groups in total. The molecule has 0 heterocycles. The predicted octanol–water partition coefficient (Wildman–Crippen LogP) is 0.423. The first-order valence-electron chi connectivity index (χ1n) is 5.90. The topological polar surface area (TPSA) is 104 Å². The summed E-state index contributed by atoms with van der Waals surface area (Å²) in [5.74, 6) is -1.81. The van der Waals surface area contributed by atoms with Crippen molar-refractivity contribution in [2.75, 3.05) is 25.0 Å². The van der Waals surface area contributed by atoms with Crippen LogP contribution >= 0.6 is 0 Å². The Balaban J connectivity index is 2.99. The lowest BCUT2D eigenvalue weighted by Gasteiger charge is -2.26. The molecular weight excluding hydrogens is 262 g/mol. The Morgan fingerprint density at radius 2 is 1.70 bits per heavy atom. The number of rotatable bonds is 5. The Morgan fingerprint density at radius 3 is 2.15 bits per heavy atom. The van der Waals surface area contributed by atoms with Gasteiger partial charge < -0.3 is 15.7 Å². The van der Waals surface area contributed by atoms with E-state index in [-0.39, 0.29) is 6.54 Å². The predicted molar refractivity (Wildman–Crippen MR) is 73.4 cm³/mol. The van der Waals surface area contributed by atoms with Gasteiger partial charge in [0.1, 0.15) is 13.1 Å². The molecule has 0 radical (unpaired) electrons. The Hall–Kier alpha value is -2.57. The van der Waals surface area contributed by atoms with E-state index in [4.69, 9.17) is 10.8 Å². The lowest BCUT2D eigenvalue weighted by molar-refractivity contribution is -0.135. The summed E-state index contributed by atoms with van der Waals surface area (Å²) in [7, 11) is 1.39. The van der Waals surface area contributed by atoms with Gasteiger partial charge >= 0.3 is 12.0 Å². The molecule has 0 aromatic heterocycles. The van der Waals surface area contributed by atoms with Crippen LogP contribution in [0.5, 0.6) is 0 Å². The number of primary amides is 1. The van der Waals surface area contributed by atoms with Crippen LogP contribution in [0.3, 0.4) is 0 Å². The second kappa shape index (κ2) is 6.55. The Kier molecular flexibility index (Phi) is 5.08. The molecule has 3 amide bonds. The maximum absolute atomic E-state index is 12.2. The summed E-state index contributed by atoms with van der Waals surface area (Å²) in [6.45, 7) is 1.11. The van der Waals surface area contributed by atoms with Crippen molar-refractivity contribution >= 4 is 23.6 Å². The van der Waals surface area contributed by atoms with Crippen LogP contribution in [-0.2, 0) is 9.59 Å². The molecule has 0 saturated heterocycles. The molecule has 0 bridgehead atoms. The molecule has 7 heteroatoms. The number of nitrogens with zero attached hydrogens (tertiary/aromatic N) is 2. The molecule has 1 rings (SSSR count). The van der Waals surface area contributed by atoms with Gasteiger partial charge in [0.2, 0.25) is 5.91 Å². The number of likely N-dealkylation sites (N-methyl/N-ethyl adjacent to an activating group) is 1.